The number of fused-ring (bicyclic) bond motifs is 2. The number of ketones is 1. The molecule has 2 aliphatic heterocycles. The highest BCUT2D eigenvalue weighted by molar-refractivity contribution is 6.18. The Morgan fingerprint density at radius 1 is 1.56 bits per heavy atom. The number of nitrogens with zero attached hydrogens (tertiary/aromatic N) is 2. The molecule has 136 valence electrons. The molecular weight excluding hydrogens is 352 g/mol. The van der Waals surface area contributed by atoms with Gasteiger partial charge in [0.2, 0.25) is 11.8 Å². The van der Waals surface area contributed by atoms with E-state index in [2.05, 4.69) is 11.9 Å². The number of hydrogen-bond acceptors (Lipinski definition) is 7. The summed E-state index contributed by atoms with van der Waals surface area (Å²) < 4.78 is 5.44. The normalized spacial score (nSPS) is 20.7. The van der Waals surface area contributed by atoms with Gasteiger partial charge in [0.05, 0.1) is 10.5 Å². The van der Waals surface area contributed by atoms with Gasteiger partial charge < -0.3 is 15.8 Å². The fourth-order valence-corrected chi connectivity index (χ4v) is 3.53. The zero-order chi connectivity index (χ0) is 19.9. The largest absolute Gasteiger partial charge is 0.444 e. The van der Waals surface area contributed by atoms with Crippen LogP contribution in [0.3, 0.4) is 0 Å². The van der Waals surface area contributed by atoms with Crippen molar-refractivity contribution in [1.29, 1.82) is 5.26 Å². The summed E-state index contributed by atoms with van der Waals surface area (Å²) in [5, 5.41) is 23.5. The highest BCUT2D eigenvalue weighted by Gasteiger charge is 2.59. The van der Waals surface area contributed by atoms with Crippen LogP contribution in [0.1, 0.15) is 18.9 Å². The van der Waals surface area contributed by atoms with E-state index in [1.54, 1.807) is 0 Å². The molecule has 0 bridgehead atoms. The maximum Gasteiger partial charge on any atom is 0.269 e. The van der Waals surface area contributed by atoms with E-state index in [9.17, 15) is 25.0 Å². The van der Waals surface area contributed by atoms with Crippen LogP contribution in [0.5, 0.6) is 0 Å². The molecular formula is C18H14N4O5. The van der Waals surface area contributed by atoms with Crippen LogP contribution in [-0.2, 0) is 19.7 Å². The number of benzene rings is 1. The Kier molecular flexibility index (Phi) is 4.04. The van der Waals surface area contributed by atoms with Crippen molar-refractivity contribution >= 4 is 23.1 Å². The van der Waals surface area contributed by atoms with Crippen molar-refractivity contribution in [3.8, 4) is 6.07 Å². The smallest absolute Gasteiger partial charge is 0.269 e. The number of ether oxygens (including phenoxy) is 1. The van der Waals surface area contributed by atoms with Crippen molar-refractivity contribution in [2.45, 2.75) is 18.8 Å². The van der Waals surface area contributed by atoms with Crippen molar-refractivity contribution in [2.24, 2.45) is 5.73 Å². The SMILES string of the molecule is C=CCC1=C(C(C)=O)C2(C(=O)Nc3ccc([N+](=O)[O-])cc32)C(C#N)=C(N)O1. The Labute approximate surface area is 153 Å². The molecule has 1 amide bonds. The van der Waals surface area contributed by atoms with Gasteiger partial charge in [-0.25, -0.2) is 0 Å². The minimum atomic E-state index is -1.91. The topological polar surface area (TPSA) is 148 Å². The molecule has 0 radical (unpaired) electrons. The summed E-state index contributed by atoms with van der Waals surface area (Å²) in [4.78, 5) is 36.2. The maximum absolute atomic E-state index is 13.1. The van der Waals surface area contributed by atoms with Crippen LogP contribution in [0.2, 0.25) is 0 Å². The van der Waals surface area contributed by atoms with Crippen molar-refractivity contribution in [3.05, 3.63) is 69.3 Å². The lowest BCUT2D eigenvalue weighted by molar-refractivity contribution is -0.384. The number of nitrogens with one attached hydrogen (secondary N) is 1. The number of carbonyl (C=O) groups is 2. The molecule has 1 aromatic rings. The Morgan fingerprint density at radius 3 is 2.81 bits per heavy atom. The van der Waals surface area contributed by atoms with Crippen molar-refractivity contribution < 1.29 is 19.2 Å². The van der Waals surface area contributed by atoms with Crippen LogP contribution in [0, 0.1) is 21.4 Å². The molecule has 1 aromatic carbocycles. The standard InChI is InChI=1S/C18H14N4O5/c1-3-4-14-15(9(2)23)18(12(8-19)16(20)27-14)11-7-10(22(25)26)5-6-13(11)21-17(18)24/h3,5-7H,1,4,20H2,2H3,(H,21,24). The molecule has 1 atom stereocenters. The summed E-state index contributed by atoms with van der Waals surface area (Å²) in [6.07, 6.45) is 1.53. The minimum absolute atomic E-state index is 0.0727. The van der Waals surface area contributed by atoms with E-state index in [-0.39, 0.29) is 46.1 Å². The molecule has 1 unspecified atom stereocenters. The first-order valence-corrected chi connectivity index (χ1v) is 7.83. The molecule has 1 spiro atoms. The van der Waals surface area contributed by atoms with Gasteiger partial charge in [0.25, 0.3) is 5.69 Å². The van der Waals surface area contributed by atoms with E-state index in [0.717, 1.165) is 6.07 Å². The van der Waals surface area contributed by atoms with E-state index in [4.69, 9.17) is 10.5 Å². The number of anilines is 1. The number of allylic oxidation sites excluding steroid dienone is 1. The van der Waals surface area contributed by atoms with E-state index >= 15 is 0 Å². The number of carbonyl (C=O) groups excluding carboxylic acids is 2. The molecule has 0 aromatic heterocycles. The maximum atomic E-state index is 13.1. The summed E-state index contributed by atoms with van der Waals surface area (Å²) >= 11 is 0. The van der Waals surface area contributed by atoms with Crippen LogP contribution in [0.25, 0.3) is 0 Å². The highest BCUT2D eigenvalue weighted by atomic mass is 16.6. The van der Waals surface area contributed by atoms with Crippen LogP contribution >= 0.6 is 0 Å². The summed E-state index contributed by atoms with van der Waals surface area (Å²) in [5.41, 5.74) is 3.66. The monoisotopic (exact) mass is 366 g/mol. The second-order valence-corrected chi connectivity index (χ2v) is 5.99. The third kappa shape index (κ3) is 2.31. The lowest BCUT2D eigenvalue weighted by atomic mass is 9.67. The highest BCUT2D eigenvalue weighted by Crippen LogP contribution is 2.53. The van der Waals surface area contributed by atoms with Gasteiger partial charge in [-0.05, 0) is 13.0 Å². The number of amides is 1. The van der Waals surface area contributed by atoms with Gasteiger partial charge in [-0.3, -0.25) is 19.7 Å². The number of Topliss-reactive ketones (excluding diaryl/α,β-unsaturated/α-hetero) is 1. The molecule has 0 saturated carbocycles. The average molecular weight is 366 g/mol. The molecule has 2 aliphatic rings. The van der Waals surface area contributed by atoms with Gasteiger partial charge >= 0.3 is 0 Å². The predicted molar refractivity (Wildman–Crippen MR) is 93.8 cm³/mol. The van der Waals surface area contributed by atoms with Gasteiger partial charge in [0, 0.05) is 29.8 Å². The van der Waals surface area contributed by atoms with Crippen LogP contribution in [0.15, 0.2) is 53.6 Å². The Balaban J connectivity index is 2.48. The third-order valence-corrected chi connectivity index (χ3v) is 4.51. The fraction of sp³-hybridized carbons (Fsp3) is 0.167. The van der Waals surface area contributed by atoms with Crippen LogP contribution in [0.4, 0.5) is 11.4 Å². The number of nitro groups is 1. The fourth-order valence-electron chi connectivity index (χ4n) is 3.53. The molecule has 0 fully saturated rings. The number of nitro benzene ring substituents is 1. The lowest BCUT2D eigenvalue weighted by Gasteiger charge is -2.34. The van der Waals surface area contributed by atoms with E-state index in [1.807, 2.05) is 6.07 Å². The molecule has 3 N–H and O–H groups in total. The van der Waals surface area contributed by atoms with Crippen LogP contribution in [-0.4, -0.2) is 16.6 Å². The molecule has 9 heteroatoms. The summed E-state index contributed by atoms with van der Waals surface area (Å²) in [6, 6.07) is 5.58. The van der Waals surface area contributed by atoms with Gasteiger partial charge in [-0.1, -0.05) is 6.08 Å². The van der Waals surface area contributed by atoms with Gasteiger partial charge in [-0.2, -0.15) is 5.26 Å². The number of hydrogen-bond donors (Lipinski definition) is 2. The second kappa shape index (κ2) is 6.10. The zero-order valence-corrected chi connectivity index (χ0v) is 14.2. The summed E-state index contributed by atoms with van der Waals surface area (Å²) in [5.74, 6) is -1.49. The quantitative estimate of drug-likeness (QED) is 0.470. The summed E-state index contributed by atoms with van der Waals surface area (Å²) in [6.45, 7) is 4.82. The number of nitriles is 1. The Morgan fingerprint density at radius 2 is 2.26 bits per heavy atom. The lowest BCUT2D eigenvalue weighted by Crippen LogP contribution is -2.45. The summed E-state index contributed by atoms with van der Waals surface area (Å²) in [7, 11) is 0. The number of non-ortho nitro benzene ring substituents is 1. The van der Waals surface area contributed by atoms with E-state index < -0.39 is 22.0 Å². The first-order valence-electron chi connectivity index (χ1n) is 7.83. The van der Waals surface area contributed by atoms with Gasteiger partial charge in [-0.15, -0.1) is 6.58 Å². The first kappa shape index (κ1) is 17.9. The number of nitrogens with two attached hydrogens (primary N) is 1. The second-order valence-electron chi connectivity index (χ2n) is 5.99. The molecule has 0 saturated heterocycles. The minimum Gasteiger partial charge on any atom is -0.444 e. The van der Waals surface area contributed by atoms with Crippen molar-refractivity contribution in [2.75, 3.05) is 5.32 Å². The first-order chi connectivity index (χ1) is 12.8. The van der Waals surface area contributed by atoms with Gasteiger partial charge in [0.15, 0.2) is 5.78 Å². The van der Waals surface area contributed by atoms with Crippen molar-refractivity contribution in [3.63, 3.8) is 0 Å². The molecule has 0 aliphatic carbocycles. The van der Waals surface area contributed by atoms with Gasteiger partial charge in [0.1, 0.15) is 22.8 Å². The van der Waals surface area contributed by atoms with E-state index in [1.165, 1.54) is 25.1 Å². The predicted octanol–water partition coefficient (Wildman–Crippen LogP) is 1.93. The molecule has 3 rings (SSSR count). The Hall–Kier alpha value is -3.93. The molecule has 27 heavy (non-hydrogen) atoms. The Bertz CT molecular complexity index is 1030. The third-order valence-electron chi connectivity index (χ3n) is 4.51. The molecule has 2 heterocycles. The molecule has 9 nitrogen and oxygen atoms in total. The zero-order valence-electron chi connectivity index (χ0n) is 14.2. The van der Waals surface area contributed by atoms with Crippen LogP contribution < -0.4 is 11.1 Å². The van der Waals surface area contributed by atoms with Crippen molar-refractivity contribution in [1.82, 2.24) is 0 Å². The average Bonchev–Trinajstić information content (AvgIpc) is 2.87. The number of rotatable bonds is 4. The van der Waals surface area contributed by atoms with E-state index in [0.29, 0.717) is 0 Å².